The molecule has 0 amide bonds. The van der Waals surface area contributed by atoms with Gasteiger partial charge < -0.3 is 0 Å². The Balaban J connectivity index is -0.0000000208. The maximum atomic E-state index is 9.51. The van der Waals surface area contributed by atoms with Gasteiger partial charge in [0.1, 0.15) is 4.76 Å². The summed E-state index contributed by atoms with van der Waals surface area (Å²) >= 11 is 0. The van der Waals surface area contributed by atoms with Crippen molar-refractivity contribution in [2.45, 2.75) is 4.76 Å². The minimum absolute atomic E-state index is 0. The molecule has 0 fully saturated rings. The fourth-order valence-electron chi connectivity index (χ4n) is 0. The summed E-state index contributed by atoms with van der Waals surface area (Å²) in [5.41, 5.74) is 0. The van der Waals surface area contributed by atoms with E-state index in [1.807, 2.05) is 0 Å². The van der Waals surface area contributed by atoms with Gasteiger partial charge in [-0.15, -0.1) is 4.91 Å². The van der Waals surface area contributed by atoms with E-state index in [9.17, 15) is 4.91 Å². The third-order valence-electron chi connectivity index (χ3n) is 0.158. The van der Waals surface area contributed by atoms with Crippen molar-refractivity contribution in [1.29, 1.82) is 0 Å². The van der Waals surface area contributed by atoms with Crippen molar-refractivity contribution < 1.29 is 0 Å². The van der Waals surface area contributed by atoms with Gasteiger partial charge in [0, 0.05) is 0 Å². The molecule has 10 heavy (non-hydrogen) atoms. The minimum atomic E-state index is -0.639. The first-order chi connectivity index (χ1) is 2.56. The summed E-state index contributed by atoms with van der Waals surface area (Å²) in [7, 11) is 6.72. The first-order valence-electron chi connectivity index (χ1n) is 1.27. The normalized spacial score (nSPS) is 6.70. The Morgan fingerprint density at radius 1 is 0.900 bits per heavy atom. The Kier molecular flexibility index (Phi) is 47.9. The molecule has 3 atom stereocenters. The quantitative estimate of drug-likeness (QED) is 0.306. The van der Waals surface area contributed by atoms with Crippen molar-refractivity contribution in [3.05, 3.63) is 4.91 Å². The monoisotopic (exact) mass is 237 g/mol. The third-order valence-corrected chi connectivity index (χ3v) is 0.474. The van der Waals surface area contributed by atoms with Crippen LogP contribution in [-0.4, -0.2) is 123 Å². The van der Waals surface area contributed by atoms with Crippen molar-refractivity contribution >= 4 is 146 Å². The number of nitroso groups, excluding NO2 is 1. The zero-order chi connectivity index (χ0) is 5.21. The predicted molar refractivity (Wildman–Crippen MR) is 66.3 cm³/mol. The van der Waals surface area contributed by atoms with Crippen LogP contribution in [0.2, 0.25) is 0 Å². The van der Waals surface area contributed by atoms with E-state index in [1.54, 1.807) is 0 Å². The summed E-state index contributed by atoms with van der Waals surface area (Å²) < 4.78 is -0.639. The van der Waals surface area contributed by atoms with Crippen LogP contribution in [0.3, 0.4) is 0 Å². The van der Waals surface area contributed by atoms with Gasteiger partial charge in [-0.2, -0.15) is 0 Å². The molecule has 0 N–H and O–H groups in total. The summed E-state index contributed by atoms with van der Waals surface area (Å²) in [6, 6.07) is 0. The molecule has 0 bridgehead atoms. The zero-order valence-corrected chi connectivity index (χ0v) is 6.55. The molecule has 0 spiro atoms. The van der Waals surface area contributed by atoms with Gasteiger partial charge in [0.15, 0.2) is 0 Å². The summed E-state index contributed by atoms with van der Waals surface area (Å²) in [4.78, 5) is 9.51. The molecule has 0 aromatic rings. The number of nitrogens with zero attached hydrogens (tertiary/aromatic N) is 1. The molecular weight excluding hydrogens is 227 g/mol. The van der Waals surface area contributed by atoms with E-state index in [4.69, 9.17) is 0 Å². The van der Waals surface area contributed by atoms with Gasteiger partial charge in [0.2, 0.25) is 0 Å². The summed E-state index contributed by atoms with van der Waals surface area (Å²) in [6.45, 7) is 0. The number of rotatable bonds is 1. The SMILES string of the molecule is O=NC(P)(P)P.[NaH].[NaH].[NaH].[NaH]. The second-order valence-corrected chi connectivity index (χ2v) is 5.75. The molecule has 3 unspecified atom stereocenters. The van der Waals surface area contributed by atoms with E-state index in [-0.39, 0.29) is 118 Å². The second-order valence-electron chi connectivity index (χ2n) is 0.979. The van der Waals surface area contributed by atoms with Crippen LogP contribution < -0.4 is 0 Å². The van der Waals surface area contributed by atoms with E-state index in [0.29, 0.717) is 0 Å². The Bertz CT molecular complexity index is 66.0. The molecule has 0 saturated carbocycles. The number of hydrogen-bond acceptors (Lipinski definition) is 2. The summed E-state index contributed by atoms with van der Waals surface area (Å²) in [5, 5.41) is 2.66. The average molecular weight is 237 g/mol. The first kappa shape index (κ1) is 29.4. The average Bonchev–Trinajstić information content (AvgIpc) is 1.35. The van der Waals surface area contributed by atoms with Gasteiger partial charge in [-0.05, 0) is 0 Å². The molecule has 0 aliphatic rings. The molecule has 0 aromatic carbocycles. The molecule has 0 radical (unpaired) electrons. The fourth-order valence-corrected chi connectivity index (χ4v) is 0. The van der Waals surface area contributed by atoms with Gasteiger partial charge in [0.05, 0.1) is 0 Å². The van der Waals surface area contributed by atoms with Gasteiger partial charge in [-0.1, -0.05) is 32.9 Å². The Labute approximate surface area is 157 Å². The van der Waals surface area contributed by atoms with Crippen LogP contribution in [0.15, 0.2) is 5.18 Å². The van der Waals surface area contributed by atoms with Crippen molar-refractivity contribution in [3.63, 3.8) is 0 Å². The molecule has 0 saturated heterocycles. The van der Waals surface area contributed by atoms with Crippen molar-refractivity contribution in [2.75, 3.05) is 0 Å². The van der Waals surface area contributed by atoms with Crippen LogP contribution in [0, 0.1) is 4.91 Å². The molecule has 0 rings (SSSR count). The van der Waals surface area contributed by atoms with Crippen LogP contribution in [0.5, 0.6) is 0 Å². The van der Waals surface area contributed by atoms with Crippen LogP contribution >= 0.6 is 27.7 Å². The van der Waals surface area contributed by atoms with Crippen molar-refractivity contribution in [2.24, 2.45) is 5.18 Å². The fraction of sp³-hybridized carbons (Fsp3) is 1.00. The molecule has 0 aliphatic carbocycles. The van der Waals surface area contributed by atoms with Crippen LogP contribution in [-0.2, 0) is 0 Å². The van der Waals surface area contributed by atoms with Gasteiger partial charge in [-0.25, -0.2) is 0 Å². The third kappa shape index (κ3) is 29.3. The van der Waals surface area contributed by atoms with Gasteiger partial charge >= 0.3 is 118 Å². The van der Waals surface area contributed by atoms with E-state index >= 15 is 0 Å². The molecule has 0 aliphatic heterocycles. The van der Waals surface area contributed by atoms with E-state index in [1.165, 1.54) is 0 Å². The zero-order valence-electron chi connectivity index (χ0n) is 3.09. The van der Waals surface area contributed by atoms with Crippen LogP contribution in [0.1, 0.15) is 0 Å². The Hall–Kier alpha value is 4.89. The second kappa shape index (κ2) is 16.3. The van der Waals surface area contributed by atoms with Crippen LogP contribution in [0.4, 0.5) is 0 Å². The molecule has 0 heterocycles. The summed E-state index contributed by atoms with van der Waals surface area (Å²) in [6.07, 6.45) is 0. The predicted octanol–water partition coefficient (Wildman–Crippen LogP) is -1.60. The van der Waals surface area contributed by atoms with Gasteiger partial charge in [0.25, 0.3) is 0 Å². The van der Waals surface area contributed by atoms with E-state index < -0.39 is 4.76 Å². The molecular formula is CH10NNa4OP3. The van der Waals surface area contributed by atoms with Gasteiger partial charge in [-0.3, -0.25) is 0 Å². The van der Waals surface area contributed by atoms with E-state index in [0.717, 1.165) is 0 Å². The molecule has 0 aromatic heterocycles. The van der Waals surface area contributed by atoms with E-state index in [2.05, 4.69) is 32.9 Å². The topological polar surface area (TPSA) is 29.4 Å². The first-order valence-corrected chi connectivity index (χ1v) is 3.00. The summed E-state index contributed by atoms with van der Waals surface area (Å²) in [5.74, 6) is 0. The van der Waals surface area contributed by atoms with Crippen molar-refractivity contribution in [1.82, 2.24) is 0 Å². The molecule has 44 valence electrons. The Morgan fingerprint density at radius 3 is 1.00 bits per heavy atom. The molecule has 9 heteroatoms. The number of hydrogen-bond donors (Lipinski definition) is 0. The molecule has 2 nitrogen and oxygen atoms in total. The Morgan fingerprint density at radius 2 is 1.00 bits per heavy atom. The van der Waals surface area contributed by atoms with Crippen molar-refractivity contribution in [3.8, 4) is 0 Å². The van der Waals surface area contributed by atoms with Crippen LogP contribution in [0.25, 0.3) is 0 Å². The standard InChI is InChI=1S/CH6NOP3.4Na.4H/c3-2-1(4,5)6;;;;;;;;/h4-6H2;;;;;;;;. The maximum absolute atomic E-state index is 9.51.